The molecule has 3 unspecified atom stereocenters. The third-order valence-corrected chi connectivity index (χ3v) is 2.47. The van der Waals surface area contributed by atoms with Crippen LogP contribution in [-0.4, -0.2) is 32.6 Å². The molecule has 0 spiro atoms. The first-order valence-corrected chi connectivity index (χ1v) is 4.96. The number of ether oxygens (including phenoxy) is 3. The molecule has 0 aromatic rings. The summed E-state index contributed by atoms with van der Waals surface area (Å²) in [5.74, 6) is 0.0452. The van der Waals surface area contributed by atoms with Crippen molar-refractivity contribution in [3.05, 3.63) is 0 Å². The molecule has 4 nitrogen and oxygen atoms in total. The molecule has 0 bridgehead atoms. The van der Waals surface area contributed by atoms with E-state index in [2.05, 4.69) is 0 Å². The molecular formula is C10H18O4. The van der Waals surface area contributed by atoms with Gasteiger partial charge in [-0.3, -0.25) is 4.79 Å². The summed E-state index contributed by atoms with van der Waals surface area (Å²) in [5, 5.41) is 0. The van der Waals surface area contributed by atoms with Crippen molar-refractivity contribution in [2.24, 2.45) is 5.92 Å². The van der Waals surface area contributed by atoms with Crippen LogP contribution in [0.5, 0.6) is 0 Å². The van der Waals surface area contributed by atoms with E-state index in [1.54, 1.807) is 14.2 Å². The summed E-state index contributed by atoms with van der Waals surface area (Å²) in [5.41, 5.74) is 0. The summed E-state index contributed by atoms with van der Waals surface area (Å²) in [6.07, 6.45) is 1.33. The highest BCUT2D eigenvalue weighted by Crippen LogP contribution is 2.29. The first-order valence-electron chi connectivity index (χ1n) is 4.96. The third-order valence-electron chi connectivity index (χ3n) is 2.47. The molecule has 3 atom stereocenters. The lowest BCUT2D eigenvalue weighted by atomic mass is 9.98. The molecule has 1 rings (SSSR count). The maximum atomic E-state index is 11.7. The van der Waals surface area contributed by atoms with Crippen LogP contribution in [0.4, 0.5) is 0 Å². The Labute approximate surface area is 84.5 Å². The molecule has 1 saturated heterocycles. The molecule has 0 amide bonds. The number of rotatable bonds is 5. The van der Waals surface area contributed by atoms with Crippen molar-refractivity contribution in [2.45, 2.75) is 38.8 Å². The molecule has 0 saturated carbocycles. The minimum atomic E-state index is -0.431. The van der Waals surface area contributed by atoms with E-state index in [9.17, 15) is 4.79 Å². The Balaban J connectivity index is 2.54. The summed E-state index contributed by atoms with van der Waals surface area (Å²) in [6.45, 7) is 1.99. The molecule has 0 aromatic heterocycles. The van der Waals surface area contributed by atoms with Crippen LogP contribution in [0.2, 0.25) is 0 Å². The fourth-order valence-electron chi connectivity index (χ4n) is 1.71. The van der Waals surface area contributed by atoms with Crippen LogP contribution >= 0.6 is 0 Å². The van der Waals surface area contributed by atoms with Crippen LogP contribution < -0.4 is 0 Å². The first-order chi connectivity index (χ1) is 6.72. The van der Waals surface area contributed by atoms with Crippen molar-refractivity contribution in [1.82, 2.24) is 0 Å². The van der Waals surface area contributed by atoms with Crippen molar-refractivity contribution in [3.63, 3.8) is 0 Å². The summed E-state index contributed by atoms with van der Waals surface area (Å²) >= 11 is 0. The quantitative estimate of drug-likeness (QED) is 0.674. The minimum absolute atomic E-state index is 0.162. The van der Waals surface area contributed by atoms with Gasteiger partial charge in [-0.1, -0.05) is 6.92 Å². The number of Topliss-reactive ketones (excluding diaryl/α,β-unsaturated/α-hetero) is 1. The SMILES string of the molecule is CCCC(=O)C1CC(OC)OC1OC. The Bertz CT molecular complexity index is 193. The predicted octanol–water partition coefficient (Wildman–Crippen LogP) is 1.34. The molecule has 1 aliphatic rings. The molecule has 82 valence electrons. The lowest BCUT2D eigenvalue weighted by Gasteiger charge is -2.14. The summed E-state index contributed by atoms with van der Waals surface area (Å²) < 4.78 is 15.5. The number of hydrogen-bond acceptors (Lipinski definition) is 4. The molecular weight excluding hydrogens is 184 g/mol. The van der Waals surface area contributed by atoms with Gasteiger partial charge >= 0.3 is 0 Å². The van der Waals surface area contributed by atoms with Crippen LogP contribution in [0, 0.1) is 5.92 Å². The number of carbonyl (C=O) groups is 1. The second kappa shape index (κ2) is 5.44. The molecule has 0 radical (unpaired) electrons. The molecule has 0 N–H and O–H groups in total. The molecule has 0 aliphatic carbocycles. The molecule has 4 heteroatoms. The van der Waals surface area contributed by atoms with Crippen molar-refractivity contribution in [3.8, 4) is 0 Å². The second-order valence-corrected chi connectivity index (χ2v) is 3.46. The highest BCUT2D eigenvalue weighted by Gasteiger charge is 2.39. The van der Waals surface area contributed by atoms with Gasteiger partial charge in [0.15, 0.2) is 12.6 Å². The lowest BCUT2D eigenvalue weighted by Crippen LogP contribution is -2.25. The van der Waals surface area contributed by atoms with Crippen molar-refractivity contribution < 1.29 is 19.0 Å². The molecule has 1 heterocycles. The lowest BCUT2D eigenvalue weighted by molar-refractivity contribution is -0.193. The number of hydrogen-bond donors (Lipinski definition) is 0. The number of methoxy groups -OCH3 is 2. The van der Waals surface area contributed by atoms with E-state index in [1.165, 1.54) is 0 Å². The van der Waals surface area contributed by atoms with Gasteiger partial charge in [0.05, 0.1) is 5.92 Å². The van der Waals surface area contributed by atoms with Crippen LogP contribution in [0.3, 0.4) is 0 Å². The zero-order valence-electron chi connectivity index (χ0n) is 8.99. The average Bonchev–Trinajstić information content (AvgIpc) is 2.61. The second-order valence-electron chi connectivity index (χ2n) is 3.46. The normalized spacial score (nSPS) is 32.1. The highest BCUT2D eigenvalue weighted by molar-refractivity contribution is 5.81. The fourth-order valence-corrected chi connectivity index (χ4v) is 1.71. The van der Waals surface area contributed by atoms with E-state index in [-0.39, 0.29) is 18.0 Å². The van der Waals surface area contributed by atoms with E-state index in [0.717, 1.165) is 6.42 Å². The van der Waals surface area contributed by atoms with Crippen molar-refractivity contribution in [2.75, 3.05) is 14.2 Å². The Morgan fingerprint density at radius 1 is 1.43 bits per heavy atom. The van der Waals surface area contributed by atoms with Crippen LogP contribution in [0.1, 0.15) is 26.2 Å². The van der Waals surface area contributed by atoms with Crippen LogP contribution in [0.15, 0.2) is 0 Å². The Kier molecular flexibility index (Phi) is 4.51. The largest absolute Gasteiger partial charge is 0.356 e. The Morgan fingerprint density at radius 2 is 2.14 bits per heavy atom. The number of carbonyl (C=O) groups excluding carboxylic acids is 1. The Hall–Kier alpha value is -0.450. The van der Waals surface area contributed by atoms with E-state index in [0.29, 0.717) is 12.8 Å². The molecule has 14 heavy (non-hydrogen) atoms. The molecule has 1 aliphatic heterocycles. The maximum absolute atomic E-state index is 11.7. The standard InChI is InChI=1S/C10H18O4/c1-4-5-8(11)7-6-9(12-2)14-10(7)13-3/h7,9-10H,4-6H2,1-3H3. The van der Waals surface area contributed by atoms with Gasteiger partial charge in [0.25, 0.3) is 0 Å². The Morgan fingerprint density at radius 3 is 2.64 bits per heavy atom. The zero-order chi connectivity index (χ0) is 10.6. The summed E-state index contributed by atoms with van der Waals surface area (Å²) in [7, 11) is 3.12. The zero-order valence-corrected chi connectivity index (χ0v) is 8.99. The third kappa shape index (κ3) is 2.53. The summed E-state index contributed by atoms with van der Waals surface area (Å²) in [4.78, 5) is 11.7. The van der Waals surface area contributed by atoms with E-state index in [1.807, 2.05) is 6.92 Å². The van der Waals surface area contributed by atoms with Gasteiger partial charge in [0.1, 0.15) is 5.78 Å². The van der Waals surface area contributed by atoms with E-state index < -0.39 is 6.29 Å². The van der Waals surface area contributed by atoms with Crippen molar-refractivity contribution >= 4 is 5.78 Å². The van der Waals surface area contributed by atoms with Crippen molar-refractivity contribution in [1.29, 1.82) is 0 Å². The van der Waals surface area contributed by atoms with Gasteiger partial charge in [-0.2, -0.15) is 0 Å². The van der Waals surface area contributed by atoms with E-state index >= 15 is 0 Å². The highest BCUT2D eigenvalue weighted by atomic mass is 16.8. The fraction of sp³-hybridized carbons (Fsp3) is 0.900. The monoisotopic (exact) mass is 202 g/mol. The topological polar surface area (TPSA) is 44.8 Å². The van der Waals surface area contributed by atoms with Gasteiger partial charge in [0, 0.05) is 27.1 Å². The van der Waals surface area contributed by atoms with Gasteiger partial charge < -0.3 is 14.2 Å². The van der Waals surface area contributed by atoms with Crippen LogP contribution in [0.25, 0.3) is 0 Å². The van der Waals surface area contributed by atoms with Gasteiger partial charge in [0.2, 0.25) is 0 Å². The van der Waals surface area contributed by atoms with Gasteiger partial charge in [-0.05, 0) is 6.42 Å². The summed E-state index contributed by atoms with van der Waals surface area (Å²) in [6, 6.07) is 0. The smallest absolute Gasteiger partial charge is 0.170 e. The van der Waals surface area contributed by atoms with Crippen LogP contribution in [-0.2, 0) is 19.0 Å². The van der Waals surface area contributed by atoms with E-state index in [4.69, 9.17) is 14.2 Å². The number of ketones is 1. The molecule has 1 fully saturated rings. The molecule has 0 aromatic carbocycles. The van der Waals surface area contributed by atoms with Gasteiger partial charge in [-0.25, -0.2) is 0 Å². The predicted molar refractivity (Wildman–Crippen MR) is 50.7 cm³/mol. The maximum Gasteiger partial charge on any atom is 0.170 e. The average molecular weight is 202 g/mol. The minimum Gasteiger partial charge on any atom is -0.356 e. The van der Waals surface area contributed by atoms with Gasteiger partial charge in [-0.15, -0.1) is 0 Å². The first kappa shape index (κ1) is 11.6.